The summed E-state index contributed by atoms with van der Waals surface area (Å²) in [6.45, 7) is 0. The number of carbonyl (C=O) groups is 1. The number of nitrogens with one attached hydrogen (secondary N) is 1. The number of nitrogen functional groups attached to an aromatic ring is 1. The van der Waals surface area contributed by atoms with Crippen molar-refractivity contribution >= 4 is 63.1 Å². The van der Waals surface area contributed by atoms with Crippen LogP contribution in [0.2, 0.25) is 10.0 Å². The van der Waals surface area contributed by atoms with Crippen LogP contribution in [0, 0.1) is 3.57 Å². The van der Waals surface area contributed by atoms with Gasteiger partial charge < -0.3 is 11.1 Å². The van der Waals surface area contributed by atoms with Gasteiger partial charge in [0.1, 0.15) is 0 Å². The zero-order valence-corrected chi connectivity index (χ0v) is 13.3. The summed E-state index contributed by atoms with van der Waals surface area (Å²) in [6.07, 6.45) is 0. The van der Waals surface area contributed by atoms with Crippen molar-refractivity contribution in [3.05, 3.63) is 55.6 Å². The maximum absolute atomic E-state index is 12.2. The van der Waals surface area contributed by atoms with E-state index in [4.69, 9.17) is 28.9 Å². The number of anilines is 2. The minimum atomic E-state index is -0.265. The zero-order valence-electron chi connectivity index (χ0n) is 9.58. The molecule has 0 aliphatic heterocycles. The smallest absolute Gasteiger partial charge is 0.256 e. The molecule has 3 N–H and O–H groups in total. The Hall–Kier alpha value is -0.980. The van der Waals surface area contributed by atoms with Crippen LogP contribution in [0.3, 0.4) is 0 Å². The molecule has 1 amide bonds. The molecule has 2 aromatic carbocycles. The first-order valence-corrected chi connectivity index (χ1v) is 7.12. The van der Waals surface area contributed by atoms with Crippen molar-refractivity contribution in [2.45, 2.75) is 0 Å². The number of rotatable bonds is 2. The molecule has 0 unspecified atom stereocenters. The topological polar surface area (TPSA) is 55.1 Å². The second kappa shape index (κ2) is 5.98. The van der Waals surface area contributed by atoms with Gasteiger partial charge in [0, 0.05) is 14.3 Å². The summed E-state index contributed by atoms with van der Waals surface area (Å²) in [6, 6.07) is 10.0. The molecule has 19 heavy (non-hydrogen) atoms. The first-order valence-electron chi connectivity index (χ1n) is 5.29. The second-order valence-electron chi connectivity index (χ2n) is 3.82. The van der Waals surface area contributed by atoms with E-state index in [1.807, 2.05) is 0 Å². The second-order valence-corrected chi connectivity index (χ2v) is 5.82. The maximum Gasteiger partial charge on any atom is 0.256 e. The summed E-state index contributed by atoms with van der Waals surface area (Å²) in [5, 5.41) is 3.63. The summed E-state index contributed by atoms with van der Waals surface area (Å²) < 4.78 is 0.811. The van der Waals surface area contributed by atoms with Gasteiger partial charge in [-0.2, -0.15) is 0 Å². The summed E-state index contributed by atoms with van der Waals surface area (Å²) in [7, 11) is 0. The molecule has 0 aromatic heterocycles. The number of benzene rings is 2. The van der Waals surface area contributed by atoms with Gasteiger partial charge in [-0.3, -0.25) is 4.79 Å². The lowest BCUT2D eigenvalue weighted by Gasteiger charge is -2.09. The number of amides is 1. The van der Waals surface area contributed by atoms with Gasteiger partial charge in [-0.25, -0.2) is 0 Å². The van der Waals surface area contributed by atoms with Crippen LogP contribution in [0.15, 0.2) is 36.4 Å². The Morgan fingerprint density at radius 3 is 2.58 bits per heavy atom. The maximum atomic E-state index is 12.2. The van der Waals surface area contributed by atoms with E-state index in [0.29, 0.717) is 27.0 Å². The lowest BCUT2D eigenvalue weighted by molar-refractivity contribution is 0.102. The third-order valence-electron chi connectivity index (χ3n) is 2.41. The molecule has 2 aromatic rings. The van der Waals surface area contributed by atoms with E-state index in [1.165, 1.54) is 0 Å². The molecule has 3 nitrogen and oxygen atoms in total. The van der Waals surface area contributed by atoms with Crippen LogP contribution < -0.4 is 11.1 Å². The minimum Gasteiger partial charge on any atom is -0.399 e. The molecule has 0 saturated carbocycles. The molecule has 6 heteroatoms. The highest BCUT2D eigenvalue weighted by Gasteiger charge is 2.12. The van der Waals surface area contributed by atoms with E-state index < -0.39 is 0 Å². The number of nitrogens with two attached hydrogens (primary N) is 1. The predicted octanol–water partition coefficient (Wildman–Crippen LogP) is 4.43. The zero-order chi connectivity index (χ0) is 14.0. The predicted molar refractivity (Wildman–Crippen MR) is 88.0 cm³/mol. The molecule has 0 fully saturated rings. The van der Waals surface area contributed by atoms with Crippen LogP contribution >= 0.6 is 45.8 Å². The molecular weight excluding hydrogens is 398 g/mol. The molecule has 0 radical (unpaired) electrons. The molecule has 0 spiro atoms. The fraction of sp³-hybridized carbons (Fsp3) is 0. The standard InChI is InChI=1S/C13H9Cl2IN2O/c14-7-1-3-11(16)9(5-7)13(19)18-12-4-2-8(17)6-10(12)15/h1-6H,17H2,(H,18,19). The van der Waals surface area contributed by atoms with Crippen molar-refractivity contribution in [2.24, 2.45) is 0 Å². The first-order chi connectivity index (χ1) is 8.97. The number of hydrogen-bond donors (Lipinski definition) is 2. The van der Waals surface area contributed by atoms with Gasteiger partial charge in [0.2, 0.25) is 0 Å². The van der Waals surface area contributed by atoms with Crippen molar-refractivity contribution in [3.8, 4) is 0 Å². The fourth-order valence-corrected chi connectivity index (χ4v) is 2.48. The van der Waals surface area contributed by atoms with Gasteiger partial charge in [-0.15, -0.1) is 0 Å². The number of carbonyl (C=O) groups excluding carboxylic acids is 1. The van der Waals surface area contributed by atoms with Gasteiger partial charge in [0.25, 0.3) is 5.91 Å². The van der Waals surface area contributed by atoms with E-state index in [9.17, 15) is 4.79 Å². The molecule has 0 aliphatic carbocycles. The van der Waals surface area contributed by atoms with E-state index in [1.54, 1.807) is 36.4 Å². The fourth-order valence-electron chi connectivity index (χ4n) is 1.49. The van der Waals surface area contributed by atoms with Gasteiger partial charge in [-0.05, 0) is 59.0 Å². The van der Waals surface area contributed by atoms with E-state index in [2.05, 4.69) is 27.9 Å². The summed E-state index contributed by atoms with van der Waals surface area (Å²) in [5.41, 5.74) is 7.15. The third kappa shape index (κ3) is 3.52. The summed E-state index contributed by atoms with van der Waals surface area (Å²) in [4.78, 5) is 12.2. The first kappa shape index (κ1) is 14.4. The van der Waals surface area contributed by atoms with Gasteiger partial charge in [0.05, 0.1) is 16.3 Å². The number of halogens is 3. The number of hydrogen-bond acceptors (Lipinski definition) is 2. The van der Waals surface area contributed by atoms with Crippen molar-refractivity contribution in [1.82, 2.24) is 0 Å². The van der Waals surface area contributed by atoms with Crippen LogP contribution in [0.25, 0.3) is 0 Å². The van der Waals surface area contributed by atoms with Gasteiger partial charge in [-0.1, -0.05) is 23.2 Å². The SMILES string of the molecule is Nc1ccc(NC(=O)c2cc(Cl)ccc2I)c(Cl)c1. The van der Waals surface area contributed by atoms with E-state index in [-0.39, 0.29) is 5.91 Å². The van der Waals surface area contributed by atoms with Crippen molar-refractivity contribution in [1.29, 1.82) is 0 Å². The Balaban J connectivity index is 2.28. The lowest BCUT2D eigenvalue weighted by Crippen LogP contribution is -2.13. The summed E-state index contributed by atoms with van der Waals surface area (Å²) >= 11 is 14.0. The summed E-state index contributed by atoms with van der Waals surface area (Å²) in [5.74, 6) is -0.265. The molecule has 0 heterocycles. The van der Waals surface area contributed by atoms with E-state index in [0.717, 1.165) is 3.57 Å². The van der Waals surface area contributed by atoms with Crippen LogP contribution in [0.1, 0.15) is 10.4 Å². The highest BCUT2D eigenvalue weighted by atomic mass is 127. The average Bonchev–Trinajstić information content (AvgIpc) is 2.35. The molecule has 0 aliphatic rings. The quantitative estimate of drug-likeness (QED) is 0.572. The molecule has 98 valence electrons. The van der Waals surface area contributed by atoms with E-state index >= 15 is 0 Å². The Morgan fingerprint density at radius 1 is 1.16 bits per heavy atom. The van der Waals surface area contributed by atoms with Crippen molar-refractivity contribution < 1.29 is 4.79 Å². The van der Waals surface area contributed by atoms with Crippen molar-refractivity contribution in [2.75, 3.05) is 11.1 Å². The minimum absolute atomic E-state index is 0.265. The monoisotopic (exact) mass is 406 g/mol. The van der Waals surface area contributed by atoms with Crippen LogP contribution in [-0.4, -0.2) is 5.91 Å². The molecule has 0 saturated heterocycles. The highest BCUT2D eigenvalue weighted by molar-refractivity contribution is 14.1. The van der Waals surface area contributed by atoms with Crippen LogP contribution in [0.5, 0.6) is 0 Å². The Bertz CT molecular complexity index is 647. The Labute approximate surface area is 134 Å². The van der Waals surface area contributed by atoms with Gasteiger partial charge in [0.15, 0.2) is 0 Å². The molecular formula is C13H9Cl2IN2O. The van der Waals surface area contributed by atoms with Crippen LogP contribution in [0.4, 0.5) is 11.4 Å². The highest BCUT2D eigenvalue weighted by Crippen LogP contribution is 2.25. The molecule has 0 bridgehead atoms. The molecule has 0 atom stereocenters. The third-order valence-corrected chi connectivity index (χ3v) is 3.90. The Morgan fingerprint density at radius 2 is 1.89 bits per heavy atom. The van der Waals surface area contributed by atoms with Gasteiger partial charge >= 0.3 is 0 Å². The normalized spacial score (nSPS) is 10.3. The average molecular weight is 407 g/mol. The van der Waals surface area contributed by atoms with Crippen molar-refractivity contribution in [3.63, 3.8) is 0 Å². The largest absolute Gasteiger partial charge is 0.399 e. The molecule has 2 rings (SSSR count). The lowest BCUT2D eigenvalue weighted by atomic mass is 10.2. The Kier molecular flexibility index (Phi) is 4.54. The van der Waals surface area contributed by atoms with Crippen LogP contribution in [-0.2, 0) is 0 Å².